The maximum Gasteiger partial charge on any atom is 0.276 e. The smallest absolute Gasteiger partial charge is 0.276 e. The second-order valence-corrected chi connectivity index (χ2v) is 6.77. The van der Waals surface area contributed by atoms with Gasteiger partial charge in [0.15, 0.2) is 5.69 Å². The van der Waals surface area contributed by atoms with Crippen molar-refractivity contribution in [1.82, 2.24) is 25.2 Å². The van der Waals surface area contributed by atoms with E-state index in [2.05, 4.69) is 15.6 Å². The highest BCUT2D eigenvalue weighted by Gasteiger charge is 2.30. The van der Waals surface area contributed by atoms with E-state index in [1.165, 1.54) is 4.68 Å². The van der Waals surface area contributed by atoms with Gasteiger partial charge in [-0.2, -0.15) is 0 Å². The van der Waals surface area contributed by atoms with Gasteiger partial charge < -0.3 is 10.2 Å². The molecule has 1 N–H and O–H groups in total. The summed E-state index contributed by atoms with van der Waals surface area (Å²) in [4.78, 5) is 26.6. The Morgan fingerprint density at radius 1 is 1.35 bits per heavy atom. The Morgan fingerprint density at radius 3 is 2.96 bits per heavy atom. The minimum Gasteiger partial charge on any atom is -0.356 e. The van der Waals surface area contributed by atoms with Crippen LogP contribution in [0.2, 0.25) is 5.02 Å². The van der Waals surface area contributed by atoms with Gasteiger partial charge in [0.2, 0.25) is 5.91 Å². The summed E-state index contributed by atoms with van der Waals surface area (Å²) in [5.41, 5.74) is 1.01. The molecule has 1 fully saturated rings. The minimum absolute atomic E-state index is 0.0280. The van der Waals surface area contributed by atoms with Gasteiger partial charge in [0.05, 0.1) is 11.9 Å². The summed E-state index contributed by atoms with van der Waals surface area (Å²) in [6.07, 6.45) is 4.70. The molecule has 7 nitrogen and oxygen atoms in total. The number of carbonyl (C=O) groups excluding carboxylic acids is 2. The van der Waals surface area contributed by atoms with Crippen molar-refractivity contribution in [2.75, 3.05) is 13.1 Å². The molecule has 0 aliphatic carbocycles. The molecule has 2 heterocycles. The van der Waals surface area contributed by atoms with E-state index in [1.54, 1.807) is 23.2 Å². The van der Waals surface area contributed by atoms with E-state index in [9.17, 15) is 9.59 Å². The molecule has 26 heavy (non-hydrogen) atoms. The van der Waals surface area contributed by atoms with Gasteiger partial charge in [-0.3, -0.25) is 9.59 Å². The lowest BCUT2D eigenvalue weighted by Crippen LogP contribution is -2.46. The summed E-state index contributed by atoms with van der Waals surface area (Å²) in [5.74, 6) is -0.216. The van der Waals surface area contributed by atoms with Crippen molar-refractivity contribution in [3.8, 4) is 5.69 Å². The summed E-state index contributed by atoms with van der Waals surface area (Å²) < 4.78 is 1.53. The largest absolute Gasteiger partial charge is 0.356 e. The first-order valence-electron chi connectivity index (χ1n) is 8.84. The van der Waals surface area contributed by atoms with Crippen molar-refractivity contribution in [2.45, 2.75) is 38.6 Å². The number of nitrogens with one attached hydrogen (secondary N) is 1. The lowest BCUT2D eigenvalue weighted by molar-refractivity contribution is -0.122. The van der Waals surface area contributed by atoms with Crippen LogP contribution in [0.5, 0.6) is 0 Å². The first kappa shape index (κ1) is 18.4. The number of benzene rings is 1. The van der Waals surface area contributed by atoms with Crippen LogP contribution in [0.1, 0.15) is 43.1 Å². The summed E-state index contributed by atoms with van der Waals surface area (Å²) >= 11 is 6.00. The van der Waals surface area contributed by atoms with Gasteiger partial charge in [0, 0.05) is 30.6 Å². The molecule has 0 bridgehead atoms. The second kappa shape index (κ2) is 8.31. The third-order valence-corrected chi connectivity index (χ3v) is 4.70. The lowest BCUT2D eigenvalue weighted by Gasteiger charge is -2.34. The van der Waals surface area contributed by atoms with Crippen LogP contribution < -0.4 is 5.32 Å². The Balaban J connectivity index is 1.76. The fourth-order valence-corrected chi connectivity index (χ4v) is 3.40. The van der Waals surface area contributed by atoms with Crippen LogP contribution in [0.3, 0.4) is 0 Å². The molecule has 3 rings (SSSR count). The summed E-state index contributed by atoms with van der Waals surface area (Å²) in [6.45, 7) is 3.11. The number of piperidine rings is 1. The summed E-state index contributed by atoms with van der Waals surface area (Å²) in [6, 6.07) is 7.08. The number of amides is 2. The average molecular weight is 376 g/mol. The van der Waals surface area contributed by atoms with Crippen LogP contribution >= 0.6 is 11.6 Å². The Labute approximate surface area is 157 Å². The van der Waals surface area contributed by atoms with Crippen molar-refractivity contribution in [1.29, 1.82) is 0 Å². The molecule has 1 aliphatic heterocycles. The van der Waals surface area contributed by atoms with E-state index in [0.717, 1.165) is 24.9 Å². The average Bonchev–Trinajstić information content (AvgIpc) is 3.12. The third-order valence-electron chi connectivity index (χ3n) is 4.47. The molecule has 1 aromatic heterocycles. The van der Waals surface area contributed by atoms with Gasteiger partial charge in [0.25, 0.3) is 5.91 Å². The van der Waals surface area contributed by atoms with Crippen LogP contribution in [-0.4, -0.2) is 50.8 Å². The number of aromatic nitrogens is 3. The van der Waals surface area contributed by atoms with Crippen molar-refractivity contribution in [2.24, 2.45) is 0 Å². The highest BCUT2D eigenvalue weighted by atomic mass is 35.5. The van der Waals surface area contributed by atoms with Gasteiger partial charge in [-0.1, -0.05) is 22.9 Å². The number of halogens is 1. The zero-order valence-corrected chi connectivity index (χ0v) is 15.4. The zero-order valence-electron chi connectivity index (χ0n) is 14.7. The fraction of sp³-hybridized carbons (Fsp3) is 0.444. The van der Waals surface area contributed by atoms with Crippen molar-refractivity contribution in [3.63, 3.8) is 0 Å². The molecule has 1 aromatic carbocycles. The molecule has 2 aromatic rings. The highest BCUT2D eigenvalue weighted by Crippen LogP contribution is 2.22. The normalized spacial score (nSPS) is 17.2. The molecule has 1 saturated heterocycles. The monoisotopic (exact) mass is 375 g/mol. The molecule has 2 amide bonds. The Hall–Kier alpha value is -2.41. The van der Waals surface area contributed by atoms with Crippen LogP contribution in [0, 0.1) is 0 Å². The Kier molecular flexibility index (Phi) is 5.88. The van der Waals surface area contributed by atoms with E-state index in [1.807, 2.05) is 19.1 Å². The van der Waals surface area contributed by atoms with E-state index >= 15 is 0 Å². The van der Waals surface area contributed by atoms with Crippen LogP contribution in [0.25, 0.3) is 5.69 Å². The van der Waals surface area contributed by atoms with Crippen molar-refractivity contribution < 1.29 is 9.59 Å². The number of carbonyl (C=O) groups is 2. The van der Waals surface area contributed by atoms with Gasteiger partial charge >= 0.3 is 0 Å². The van der Waals surface area contributed by atoms with Crippen LogP contribution in [-0.2, 0) is 4.79 Å². The summed E-state index contributed by atoms with van der Waals surface area (Å²) in [7, 11) is 0. The van der Waals surface area contributed by atoms with Crippen LogP contribution in [0.4, 0.5) is 0 Å². The predicted molar refractivity (Wildman–Crippen MR) is 98.3 cm³/mol. The molecule has 0 spiro atoms. The first-order chi connectivity index (χ1) is 12.6. The fourth-order valence-electron chi connectivity index (χ4n) is 3.22. The SMILES string of the molecule is CCNC(=O)CC1CCCCN1C(=O)c1cn(-c2cccc(Cl)c2)nn1. The molecule has 1 aliphatic rings. The van der Waals surface area contributed by atoms with E-state index in [0.29, 0.717) is 24.5 Å². The van der Waals surface area contributed by atoms with Gasteiger partial charge in [-0.15, -0.1) is 5.10 Å². The number of hydrogen-bond acceptors (Lipinski definition) is 4. The topological polar surface area (TPSA) is 80.1 Å². The third kappa shape index (κ3) is 4.22. The standard InChI is InChI=1S/C18H22ClN5O2/c1-2-20-17(25)11-14-7-3-4-9-23(14)18(26)16-12-24(22-21-16)15-8-5-6-13(19)10-15/h5-6,8,10,12,14H,2-4,7,9,11H2,1H3,(H,20,25). The zero-order chi connectivity index (χ0) is 18.5. The van der Waals surface area contributed by atoms with Gasteiger partial charge in [0.1, 0.15) is 0 Å². The Bertz CT molecular complexity index is 791. The molecule has 8 heteroatoms. The number of likely N-dealkylation sites (tertiary alicyclic amines) is 1. The molecule has 1 unspecified atom stereocenters. The van der Waals surface area contributed by atoms with E-state index < -0.39 is 0 Å². The first-order valence-corrected chi connectivity index (χ1v) is 9.22. The highest BCUT2D eigenvalue weighted by molar-refractivity contribution is 6.30. The quantitative estimate of drug-likeness (QED) is 0.870. The van der Waals surface area contributed by atoms with Crippen molar-refractivity contribution in [3.05, 3.63) is 41.2 Å². The van der Waals surface area contributed by atoms with Gasteiger partial charge in [-0.25, -0.2) is 4.68 Å². The lowest BCUT2D eigenvalue weighted by atomic mass is 9.98. The maximum atomic E-state index is 12.9. The van der Waals surface area contributed by atoms with Crippen molar-refractivity contribution >= 4 is 23.4 Å². The van der Waals surface area contributed by atoms with E-state index in [4.69, 9.17) is 11.6 Å². The number of rotatable bonds is 5. The molecule has 1 atom stereocenters. The second-order valence-electron chi connectivity index (χ2n) is 6.33. The minimum atomic E-state index is -0.188. The van der Waals surface area contributed by atoms with E-state index in [-0.39, 0.29) is 23.6 Å². The molecular formula is C18H22ClN5O2. The number of hydrogen-bond donors (Lipinski definition) is 1. The molecule has 138 valence electrons. The maximum absolute atomic E-state index is 12.9. The van der Waals surface area contributed by atoms with Gasteiger partial charge in [-0.05, 0) is 44.4 Å². The molecular weight excluding hydrogens is 354 g/mol. The molecule has 0 saturated carbocycles. The Morgan fingerprint density at radius 2 is 2.19 bits per heavy atom. The molecule has 0 radical (unpaired) electrons. The number of nitrogens with zero attached hydrogens (tertiary/aromatic N) is 4. The summed E-state index contributed by atoms with van der Waals surface area (Å²) in [5, 5.41) is 11.5. The predicted octanol–water partition coefficient (Wildman–Crippen LogP) is 2.44. The van der Waals surface area contributed by atoms with Crippen LogP contribution in [0.15, 0.2) is 30.5 Å².